The number of hydrogen-bond acceptors (Lipinski definition) is 3. The van der Waals surface area contributed by atoms with Crippen LogP contribution in [0.2, 0.25) is 5.02 Å². The standard InChI is InChI=1S/C16H17ClN2O2/c1-12(13-5-3-2-4-6-13)19(10-9-16(20)21)15-8-7-14(17)11-18-15/h2-8,11-12H,9-10H2,1H3,(H,20,21). The molecule has 2 aromatic rings. The molecule has 0 aliphatic heterocycles. The number of rotatable bonds is 6. The maximum Gasteiger partial charge on any atom is 0.305 e. The topological polar surface area (TPSA) is 53.4 Å². The first kappa shape index (κ1) is 15.3. The number of benzene rings is 1. The van der Waals surface area contributed by atoms with E-state index in [-0.39, 0.29) is 12.5 Å². The quantitative estimate of drug-likeness (QED) is 0.882. The first-order chi connectivity index (χ1) is 10.1. The van der Waals surface area contributed by atoms with Gasteiger partial charge in [0, 0.05) is 12.7 Å². The fourth-order valence-electron chi connectivity index (χ4n) is 2.17. The molecule has 4 nitrogen and oxygen atoms in total. The Morgan fingerprint density at radius 2 is 2.00 bits per heavy atom. The molecule has 0 saturated carbocycles. The van der Waals surface area contributed by atoms with E-state index in [1.807, 2.05) is 48.2 Å². The van der Waals surface area contributed by atoms with E-state index in [4.69, 9.17) is 16.7 Å². The van der Waals surface area contributed by atoms with Crippen molar-refractivity contribution < 1.29 is 9.90 Å². The predicted molar refractivity (Wildman–Crippen MR) is 83.7 cm³/mol. The average molecular weight is 305 g/mol. The smallest absolute Gasteiger partial charge is 0.305 e. The van der Waals surface area contributed by atoms with E-state index < -0.39 is 5.97 Å². The van der Waals surface area contributed by atoms with Gasteiger partial charge in [0.15, 0.2) is 0 Å². The van der Waals surface area contributed by atoms with Crippen molar-refractivity contribution in [2.75, 3.05) is 11.4 Å². The van der Waals surface area contributed by atoms with Crippen LogP contribution in [0.5, 0.6) is 0 Å². The van der Waals surface area contributed by atoms with Gasteiger partial charge in [0.1, 0.15) is 5.82 Å². The highest BCUT2D eigenvalue weighted by molar-refractivity contribution is 6.30. The van der Waals surface area contributed by atoms with Crippen LogP contribution in [0.4, 0.5) is 5.82 Å². The summed E-state index contributed by atoms with van der Waals surface area (Å²) in [6, 6.07) is 13.5. The van der Waals surface area contributed by atoms with Crippen LogP contribution in [0.15, 0.2) is 48.7 Å². The zero-order chi connectivity index (χ0) is 15.2. The number of carboxylic acid groups (broad SMARTS) is 1. The van der Waals surface area contributed by atoms with Gasteiger partial charge in [-0.3, -0.25) is 4.79 Å². The lowest BCUT2D eigenvalue weighted by Gasteiger charge is -2.30. The summed E-state index contributed by atoms with van der Waals surface area (Å²) in [7, 11) is 0. The van der Waals surface area contributed by atoms with Crippen molar-refractivity contribution in [2.24, 2.45) is 0 Å². The fourth-order valence-corrected chi connectivity index (χ4v) is 2.28. The molecule has 0 bridgehead atoms. The molecule has 0 saturated heterocycles. The first-order valence-electron chi connectivity index (χ1n) is 6.73. The summed E-state index contributed by atoms with van der Waals surface area (Å²) in [6.45, 7) is 2.42. The molecule has 1 unspecified atom stereocenters. The summed E-state index contributed by atoms with van der Waals surface area (Å²) in [5, 5.41) is 9.50. The van der Waals surface area contributed by atoms with Crippen LogP contribution in [0.25, 0.3) is 0 Å². The van der Waals surface area contributed by atoms with Gasteiger partial charge in [0.2, 0.25) is 0 Å². The normalized spacial score (nSPS) is 11.9. The van der Waals surface area contributed by atoms with Gasteiger partial charge in [-0.25, -0.2) is 4.98 Å². The number of nitrogens with zero attached hydrogens (tertiary/aromatic N) is 2. The van der Waals surface area contributed by atoms with Crippen molar-refractivity contribution in [2.45, 2.75) is 19.4 Å². The Balaban J connectivity index is 2.26. The van der Waals surface area contributed by atoms with Crippen LogP contribution < -0.4 is 4.90 Å². The Labute approximate surface area is 129 Å². The van der Waals surface area contributed by atoms with Crippen molar-refractivity contribution in [3.8, 4) is 0 Å². The maximum absolute atomic E-state index is 10.9. The molecule has 5 heteroatoms. The number of anilines is 1. The Morgan fingerprint density at radius 1 is 1.29 bits per heavy atom. The Hall–Kier alpha value is -2.07. The van der Waals surface area contributed by atoms with E-state index >= 15 is 0 Å². The minimum Gasteiger partial charge on any atom is -0.481 e. The molecule has 0 aliphatic carbocycles. The number of carboxylic acids is 1. The van der Waals surface area contributed by atoms with E-state index in [1.165, 1.54) is 0 Å². The van der Waals surface area contributed by atoms with Crippen LogP contribution in [-0.2, 0) is 4.79 Å². The highest BCUT2D eigenvalue weighted by atomic mass is 35.5. The van der Waals surface area contributed by atoms with Crippen molar-refractivity contribution in [1.29, 1.82) is 0 Å². The van der Waals surface area contributed by atoms with Crippen LogP contribution >= 0.6 is 11.6 Å². The van der Waals surface area contributed by atoms with Crippen molar-refractivity contribution in [3.05, 3.63) is 59.2 Å². The molecule has 1 aromatic carbocycles. The minimum atomic E-state index is -0.825. The molecule has 1 N–H and O–H groups in total. The largest absolute Gasteiger partial charge is 0.481 e. The molecule has 0 aliphatic rings. The highest BCUT2D eigenvalue weighted by Crippen LogP contribution is 2.26. The number of aliphatic carboxylic acids is 1. The second-order valence-corrected chi connectivity index (χ2v) is 5.19. The highest BCUT2D eigenvalue weighted by Gasteiger charge is 2.18. The van der Waals surface area contributed by atoms with Gasteiger partial charge in [-0.2, -0.15) is 0 Å². The number of aromatic nitrogens is 1. The molecule has 0 fully saturated rings. The summed E-state index contributed by atoms with van der Waals surface area (Å²) in [6.07, 6.45) is 1.63. The predicted octanol–water partition coefficient (Wildman–Crippen LogP) is 3.78. The summed E-state index contributed by atoms with van der Waals surface area (Å²) < 4.78 is 0. The number of hydrogen-bond donors (Lipinski definition) is 1. The van der Waals surface area contributed by atoms with E-state index in [1.54, 1.807) is 12.3 Å². The van der Waals surface area contributed by atoms with E-state index in [9.17, 15) is 4.79 Å². The summed E-state index contributed by atoms with van der Waals surface area (Å²) in [5.74, 6) is -0.105. The molecule has 0 spiro atoms. The van der Waals surface area contributed by atoms with Gasteiger partial charge in [-0.15, -0.1) is 0 Å². The van der Waals surface area contributed by atoms with Crippen LogP contribution in [0, 0.1) is 0 Å². The molecular formula is C16H17ClN2O2. The Bertz CT molecular complexity index is 587. The van der Waals surface area contributed by atoms with Gasteiger partial charge in [0.25, 0.3) is 0 Å². The molecule has 1 heterocycles. The third kappa shape index (κ3) is 4.20. The lowest BCUT2D eigenvalue weighted by Crippen LogP contribution is -2.30. The van der Waals surface area contributed by atoms with E-state index in [0.717, 1.165) is 11.4 Å². The Kier molecular flexibility index (Phi) is 5.17. The lowest BCUT2D eigenvalue weighted by atomic mass is 10.1. The van der Waals surface area contributed by atoms with Crippen LogP contribution in [-0.4, -0.2) is 22.6 Å². The monoisotopic (exact) mass is 304 g/mol. The van der Waals surface area contributed by atoms with Crippen molar-refractivity contribution in [1.82, 2.24) is 4.98 Å². The molecule has 1 aromatic heterocycles. The van der Waals surface area contributed by atoms with Gasteiger partial charge in [0.05, 0.1) is 17.5 Å². The summed E-state index contributed by atoms with van der Waals surface area (Å²) >= 11 is 5.87. The van der Waals surface area contributed by atoms with E-state index in [0.29, 0.717) is 11.6 Å². The molecule has 0 radical (unpaired) electrons. The third-order valence-corrected chi connectivity index (χ3v) is 3.55. The maximum atomic E-state index is 10.9. The summed E-state index contributed by atoms with van der Waals surface area (Å²) in [5.41, 5.74) is 1.11. The zero-order valence-electron chi connectivity index (χ0n) is 11.7. The van der Waals surface area contributed by atoms with Gasteiger partial charge < -0.3 is 10.0 Å². The summed E-state index contributed by atoms with van der Waals surface area (Å²) in [4.78, 5) is 17.2. The first-order valence-corrected chi connectivity index (χ1v) is 7.10. The van der Waals surface area contributed by atoms with Crippen molar-refractivity contribution in [3.63, 3.8) is 0 Å². The Morgan fingerprint density at radius 3 is 2.57 bits per heavy atom. The average Bonchev–Trinajstić information content (AvgIpc) is 2.49. The molecule has 110 valence electrons. The fraction of sp³-hybridized carbons (Fsp3) is 0.250. The van der Waals surface area contributed by atoms with Crippen LogP contribution in [0.1, 0.15) is 24.9 Å². The molecule has 21 heavy (non-hydrogen) atoms. The number of carbonyl (C=O) groups is 1. The van der Waals surface area contributed by atoms with Gasteiger partial charge >= 0.3 is 5.97 Å². The molecular weight excluding hydrogens is 288 g/mol. The van der Waals surface area contributed by atoms with Gasteiger partial charge in [-0.05, 0) is 24.6 Å². The molecule has 2 rings (SSSR count). The van der Waals surface area contributed by atoms with Crippen molar-refractivity contribution >= 4 is 23.4 Å². The second kappa shape index (κ2) is 7.09. The third-order valence-electron chi connectivity index (χ3n) is 3.32. The SMILES string of the molecule is CC(c1ccccc1)N(CCC(=O)O)c1ccc(Cl)cn1. The van der Waals surface area contributed by atoms with E-state index in [2.05, 4.69) is 4.98 Å². The minimum absolute atomic E-state index is 0.0271. The second-order valence-electron chi connectivity index (χ2n) is 4.76. The zero-order valence-corrected chi connectivity index (χ0v) is 12.5. The molecule has 0 amide bonds. The number of halogens is 1. The lowest BCUT2D eigenvalue weighted by molar-refractivity contribution is -0.136. The van der Waals surface area contributed by atoms with Gasteiger partial charge in [-0.1, -0.05) is 41.9 Å². The van der Waals surface area contributed by atoms with Crippen LogP contribution in [0.3, 0.4) is 0 Å². The molecule has 1 atom stereocenters. The number of pyridine rings is 1.